The molecule has 0 aliphatic heterocycles. The molecule has 1 N–H and O–H groups in total. The molecule has 146 valence electrons. The summed E-state index contributed by atoms with van der Waals surface area (Å²) < 4.78 is 26.4. The third kappa shape index (κ3) is 5.65. The molecule has 0 fully saturated rings. The molecular weight excluding hydrogens is 360 g/mol. The van der Waals surface area contributed by atoms with Gasteiger partial charge in [0.05, 0.1) is 4.90 Å². The Bertz CT molecular complexity index is 840. The predicted molar refractivity (Wildman–Crippen MR) is 109 cm³/mol. The zero-order valence-electron chi connectivity index (χ0n) is 16.2. The molecule has 1 amide bonds. The standard InChI is InChI=1S/C21H28N2O3S/c1-4-17-7-9-18(10-8-17)11-16-21(24)22-19-12-14-20(15-13-19)27(25,26)23(5-2)6-3/h7-10,12-15H,4-6,11,16H2,1-3H3,(H,22,24). The summed E-state index contributed by atoms with van der Waals surface area (Å²) in [5.41, 5.74) is 3.01. The van der Waals surface area contributed by atoms with Crippen LogP contribution >= 0.6 is 0 Å². The summed E-state index contributed by atoms with van der Waals surface area (Å²) in [4.78, 5) is 12.4. The van der Waals surface area contributed by atoms with E-state index in [0.29, 0.717) is 31.6 Å². The summed E-state index contributed by atoms with van der Waals surface area (Å²) in [6, 6.07) is 14.6. The molecule has 6 heteroatoms. The van der Waals surface area contributed by atoms with Gasteiger partial charge in [-0.1, -0.05) is 45.0 Å². The zero-order chi connectivity index (χ0) is 19.9. The van der Waals surface area contributed by atoms with Crippen LogP contribution in [0.5, 0.6) is 0 Å². The summed E-state index contributed by atoms with van der Waals surface area (Å²) in [5, 5.41) is 2.82. The van der Waals surface area contributed by atoms with E-state index in [0.717, 1.165) is 12.0 Å². The molecule has 0 heterocycles. The van der Waals surface area contributed by atoms with E-state index in [4.69, 9.17) is 0 Å². The molecule has 0 unspecified atom stereocenters. The molecule has 2 aromatic carbocycles. The number of benzene rings is 2. The molecule has 0 aromatic heterocycles. The minimum absolute atomic E-state index is 0.0890. The summed E-state index contributed by atoms with van der Waals surface area (Å²) in [5.74, 6) is -0.0890. The van der Waals surface area contributed by atoms with E-state index in [-0.39, 0.29) is 10.8 Å². The lowest BCUT2D eigenvalue weighted by Gasteiger charge is -2.18. The normalized spacial score (nSPS) is 11.6. The van der Waals surface area contributed by atoms with Crippen molar-refractivity contribution in [1.82, 2.24) is 4.31 Å². The highest BCUT2D eigenvalue weighted by molar-refractivity contribution is 7.89. The van der Waals surface area contributed by atoms with Crippen molar-refractivity contribution in [1.29, 1.82) is 0 Å². The van der Waals surface area contributed by atoms with E-state index in [1.54, 1.807) is 12.1 Å². The van der Waals surface area contributed by atoms with E-state index >= 15 is 0 Å². The Kier molecular flexibility index (Phi) is 7.56. The van der Waals surface area contributed by atoms with Crippen molar-refractivity contribution in [3.05, 3.63) is 59.7 Å². The fourth-order valence-corrected chi connectivity index (χ4v) is 4.30. The fraction of sp³-hybridized carbons (Fsp3) is 0.381. The van der Waals surface area contributed by atoms with Gasteiger partial charge in [-0.25, -0.2) is 8.42 Å². The number of carbonyl (C=O) groups is 1. The largest absolute Gasteiger partial charge is 0.326 e. The number of nitrogens with one attached hydrogen (secondary N) is 1. The lowest BCUT2D eigenvalue weighted by atomic mass is 10.1. The van der Waals surface area contributed by atoms with Gasteiger partial charge in [-0.3, -0.25) is 4.79 Å². The number of amides is 1. The lowest BCUT2D eigenvalue weighted by molar-refractivity contribution is -0.116. The second-order valence-corrected chi connectivity index (χ2v) is 8.27. The average molecular weight is 389 g/mol. The average Bonchev–Trinajstić information content (AvgIpc) is 2.68. The first-order valence-electron chi connectivity index (χ1n) is 9.38. The van der Waals surface area contributed by atoms with Gasteiger partial charge in [-0.2, -0.15) is 4.31 Å². The Balaban J connectivity index is 1.94. The van der Waals surface area contributed by atoms with Crippen LogP contribution in [0.25, 0.3) is 0 Å². The maximum absolute atomic E-state index is 12.5. The van der Waals surface area contributed by atoms with Gasteiger partial charge in [-0.15, -0.1) is 0 Å². The highest BCUT2D eigenvalue weighted by Crippen LogP contribution is 2.18. The number of carbonyl (C=O) groups excluding carboxylic acids is 1. The number of hydrogen-bond donors (Lipinski definition) is 1. The summed E-state index contributed by atoms with van der Waals surface area (Å²) in [6.07, 6.45) is 2.05. The monoisotopic (exact) mass is 388 g/mol. The van der Waals surface area contributed by atoms with Crippen LogP contribution in [-0.4, -0.2) is 31.7 Å². The first-order valence-corrected chi connectivity index (χ1v) is 10.8. The van der Waals surface area contributed by atoms with Crippen LogP contribution in [-0.2, 0) is 27.7 Å². The van der Waals surface area contributed by atoms with E-state index in [1.807, 2.05) is 13.8 Å². The first kappa shape index (κ1) is 21.1. The van der Waals surface area contributed by atoms with Gasteiger partial charge >= 0.3 is 0 Å². The van der Waals surface area contributed by atoms with Crippen LogP contribution in [0.4, 0.5) is 5.69 Å². The second-order valence-electron chi connectivity index (χ2n) is 6.33. The molecule has 0 spiro atoms. The smallest absolute Gasteiger partial charge is 0.243 e. The number of sulfonamides is 1. The number of nitrogens with zero attached hydrogens (tertiary/aromatic N) is 1. The molecule has 0 saturated carbocycles. The van der Waals surface area contributed by atoms with E-state index < -0.39 is 10.0 Å². The highest BCUT2D eigenvalue weighted by Gasteiger charge is 2.21. The van der Waals surface area contributed by atoms with Gasteiger partial charge in [0.15, 0.2) is 0 Å². The Morgan fingerprint density at radius 3 is 1.96 bits per heavy atom. The maximum Gasteiger partial charge on any atom is 0.243 e. The molecule has 2 rings (SSSR count). The van der Waals surface area contributed by atoms with Crippen molar-refractivity contribution < 1.29 is 13.2 Å². The van der Waals surface area contributed by atoms with Gasteiger partial charge in [0, 0.05) is 25.2 Å². The maximum atomic E-state index is 12.5. The van der Waals surface area contributed by atoms with Gasteiger partial charge < -0.3 is 5.32 Å². The molecule has 0 saturated heterocycles. The van der Waals surface area contributed by atoms with Crippen molar-refractivity contribution in [2.75, 3.05) is 18.4 Å². The van der Waals surface area contributed by atoms with Gasteiger partial charge in [-0.05, 0) is 48.2 Å². The number of hydrogen-bond acceptors (Lipinski definition) is 3. The van der Waals surface area contributed by atoms with Crippen LogP contribution in [0.15, 0.2) is 53.4 Å². The molecule has 0 atom stereocenters. The van der Waals surface area contributed by atoms with Crippen LogP contribution in [0, 0.1) is 0 Å². The van der Waals surface area contributed by atoms with Crippen molar-refractivity contribution in [3.8, 4) is 0 Å². The number of anilines is 1. The first-order chi connectivity index (χ1) is 12.9. The van der Waals surface area contributed by atoms with Crippen LogP contribution in [0.1, 0.15) is 38.3 Å². The zero-order valence-corrected chi connectivity index (χ0v) is 17.1. The second kappa shape index (κ2) is 9.67. The quantitative estimate of drug-likeness (QED) is 0.709. The summed E-state index contributed by atoms with van der Waals surface area (Å²) in [6.45, 7) is 6.59. The number of aryl methyl sites for hydroxylation is 2. The van der Waals surface area contributed by atoms with Crippen LogP contribution < -0.4 is 5.32 Å². The molecule has 5 nitrogen and oxygen atoms in total. The van der Waals surface area contributed by atoms with Gasteiger partial charge in [0.1, 0.15) is 0 Å². The number of rotatable bonds is 9. The van der Waals surface area contributed by atoms with Crippen molar-refractivity contribution >= 4 is 21.6 Å². The van der Waals surface area contributed by atoms with E-state index in [2.05, 4.69) is 36.5 Å². The molecule has 27 heavy (non-hydrogen) atoms. The van der Waals surface area contributed by atoms with Crippen LogP contribution in [0.3, 0.4) is 0 Å². The van der Waals surface area contributed by atoms with Crippen molar-refractivity contribution in [3.63, 3.8) is 0 Å². The highest BCUT2D eigenvalue weighted by atomic mass is 32.2. The van der Waals surface area contributed by atoms with E-state index in [1.165, 1.54) is 22.0 Å². The van der Waals surface area contributed by atoms with Crippen molar-refractivity contribution in [2.24, 2.45) is 0 Å². The topological polar surface area (TPSA) is 66.5 Å². The SMILES string of the molecule is CCc1ccc(CCC(=O)Nc2ccc(S(=O)(=O)N(CC)CC)cc2)cc1. The molecule has 0 aliphatic carbocycles. The molecular formula is C21H28N2O3S. The minimum Gasteiger partial charge on any atom is -0.326 e. The Morgan fingerprint density at radius 2 is 1.44 bits per heavy atom. The summed E-state index contributed by atoms with van der Waals surface area (Å²) in [7, 11) is -3.48. The molecule has 0 radical (unpaired) electrons. The molecule has 2 aromatic rings. The lowest BCUT2D eigenvalue weighted by Crippen LogP contribution is -2.30. The Labute approximate surface area is 162 Å². The van der Waals surface area contributed by atoms with Gasteiger partial charge in [0.2, 0.25) is 15.9 Å². The Morgan fingerprint density at radius 1 is 0.889 bits per heavy atom. The Hall–Kier alpha value is -2.18. The van der Waals surface area contributed by atoms with E-state index in [9.17, 15) is 13.2 Å². The summed E-state index contributed by atoms with van der Waals surface area (Å²) >= 11 is 0. The molecule has 0 bridgehead atoms. The molecule has 0 aliphatic rings. The predicted octanol–water partition coefficient (Wildman–Crippen LogP) is 3.85. The third-order valence-corrected chi connectivity index (χ3v) is 6.62. The van der Waals surface area contributed by atoms with Crippen molar-refractivity contribution in [2.45, 2.75) is 44.9 Å². The van der Waals surface area contributed by atoms with Crippen LogP contribution in [0.2, 0.25) is 0 Å². The van der Waals surface area contributed by atoms with Gasteiger partial charge in [0.25, 0.3) is 0 Å². The minimum atomic E-state index is -3.48. The third-order valence-electron chi connectivity index (χ3n) is 4.55. The fourth-order valence-electron chi connectivity index (χ4n) is 2.85.